The molecule has 34 heavy (non-hydrogen) atoms. The number of rotatable bonds is 25. The summed E-state index contributed by atoms with van der Waals surface area (Å²) in [7, 11) is 1.75. The second-order valence-corrected chi connectivity index (χ2v) is 9.92. The highest BCUT2D eigenvalue weighted by Gasteiger charge is 2.09. The van der Waals surface area contributed by atoms with E-state index in [9.17, 15) is 0 Å². The Balaban J connectivity index is 1.93. The monoisotopic (exact) mass is 476 g/mol. The van der Waals surface area contributed by atoms with Crippen molar-refractivity contribution in [3.05, 3.63) is 35.4 Å². The average Bonchev–Trinajstić information content (AvgIpc) is 2.86. The molecule has 0 spiro atoms. The van der Waals surface area contributed by atoms with Gasteiger partial charge in [0.2, 0.25) is 0 Å². The van der Waals surface area contributed by atoms with Crippen LogP contribution in [0.4, 0.5) is 0 Å². The minimum absolute atomic E-state index is 0.00875. The van der Waals surface area contributed by atoms with Crippen LogP contribution in [-0.2, 0) is 27.2 Å². The van der Waals surface area contributed by atoms with Crippen LogP contribution in [0.5, 0.6) is 0 Å². The molecule has 0 heterocycles. The van der Waals surface area contributed by atoms with Gasteiger partial charge in [0.15, 0.2) is 0 Å². The molecule has 0 radical (unpaired) electrons. The summed E-state index contributed by atoms with van der Waals surface area (Å²) in [5.41, 5.74) is 2.71. The van der Waals surface area contributed by atoms with Gasteiger partial charge in [-0.05, 0) is 30.4 Å². The highest BCUT2D eigenvalue weighted by molar-refractivity contribution is 5.26. The molecule has 198 valence electrons. The summed E-state index contributed by atoms with van der Waals surface area (Å²) in [6.07, 6.45) is 23.0. The number of hydrogen-bond donors (Lipinski definition) is 0. The highest BCUT2D eigenvalue weighted by Crippen LogP contribution is 2.15. The van der Waals surface area contributed by atoms with E-state index in [0.29, 0.717) is 19.8 Å². The predicted octanol–water partition coefficient (Wildman–Crippen LogP) is 9.06. The van der Waals surface area contributed by atoms with Crippen LogP contribution in [-0.4, -0.2) is 33.0 Å². The zero-order valence-corrected chi connectivity index (χ0v) is 23.0. The van der Waals surface area contributed by atoms with Gasteiger partial charge in [-0.15, -0.1) is 0 Å². The normalized spacial score (nSPS) is 12.3. The largest absolute Gasteiger partial charge is 0.379 e. The molecule has 1 unspecified atom stereocenters. The van der Waals surface area contributed by atoms with Gasteiger partial charge in [-0.3, -0.25) is 0 Å². The Morgan fingerprint density at radius 1 is 0.588 bits per heavy atom. The molecule has 3 heteroatoms. The molecule has 0 aliphatic rings. The molecule has 0 aromatic heterocycles. The summed E-state index contributed by atoms with van der Waals surface area (Å²) < 4.78 is 17.4. The van der Waals surface area contributed by atoms with Crippen LogP contribution in [0.1, 0.15) is 128 Å². The first-order valence-corrected chi connectivity index (χ1v) is 14.6. The van der Waals surface area contributed by atoms with Gasteiger partial charge in [-0.2, -0.15) is 0 Å². The topological polar surface area (TPSA) is 27.7 Å². The second kappa shape index (κ2) is 23.8. The molecule has 0 fully saturated rings. The van der Waals surface area contributed by atoms with Crippen molar-refractivity contribution in [3.8, 4) is 0 Å². The SMILES string of the molecule is CCCCCCCCCCCCCCCCOCC(COCc1ccccc1CCCC)OC. The van der Waals surface area contributed by atoms with Crippen molar-refractivity contribution < 1.29 is 14.2 Å². The Bertz CT molecular complexity index is 545. The van der Waals surface area contributed by atoms with Crippen LogP contribution >= 0.6 is 0 Å². The van der Waals surface area contributed by atoms with E-state index in [0.717, 1.165) is 19.4 Å². The van der Waals surface area contributed by atoms with E-state index < -0.39 is 0 Å². The van der Waals surface area contributed by atoms with Gasteiger partial charge in [0.1, 0.15) is 6.10 Å². The Labute approximate surface area is 212 Å². The molecule has 0 aliphatic carbocycles. The van der Waals surface area contributed by atoms with Gasteiger partial charge in [0, 0.05) is 13.7 Å². The zero-order chi connectivity index (χ0) is 24.5. The Morgan fingerprint density at radius 3 is 1.65 bits per heavy atom. The molecule has 1 rings (SSSR count). The number of aryl methyl sites for hydroxylation is 1. The molecule has 0 aliphatic heterocycles. The van der Waals surface area contributed by atoms with Crippen molar-refractivity contribution >= 4 is 0 Å². The smallest absolute Gasteiger partial charge is 0.104 e. The summed E-state index contributed by atoms with van der Waals surface area (Å²) in [4.78, 5) is 0. The first-order chi connectivity index (χ1) is 16.8. The molecule has 0 amide bonds. The van der Waals surface area contributed by atoms with Crippen LogP contribution in [0.3, 0.4) is 0 Å². The third kappa shape index (κ3) is 17.5. The summed E-state index contributed by atoms with van der Waals surface area (Å²) >= 11 is 0. The van der Waals surface area contributed by atoms with Crippen LogP contribution < -0.4 is 0 Å². The Hall–Kier alpha value is -0.900. The van der Waals surface area contributed by atoms with Crippen LogP contribution in [0.15, 0.2) is 24.3 Å². The Kier molecular flexibility index (Phi) is 21.8. The number of hydrogen-bond acceptors (Lipinski definition) is 3. The summed E-state index contributed by atoms with van der Waals surface area (Å²) in [5, 5.41) is 0. The van der Waals surface area contributed by atoms with E-state index in [1.165, 1.54) is 107 Å². The molecular weight excluding hydrogens is 420 g/mol. The maximum absolute atomic E-state index is 5.97. The van der Waals surface area contributed by atoms with E-state index in [1.54, 1.807) is 7.11 Å². The van der Waals surface area contributed by atoms with Crippen molar-refractivity contribution in [2.24, 2.45) is 0 Å². The van der Waals surface area contributed by atoms with Crippen LogP contribution in [0.25, 0.3) is 0 Å². The molecule has 0 N–H and O–H groups in total. The van der Waals surface area contributed by atoms with Gasteiger partial charge >= 0.3 is 0 Å². The van der Waals surface area contributed by atoms with Crippen LogP contribution in [0.2, 0.25) is 0 Å². The number of ether oxygens (including phenoxy) is 3. The number of unbranched alkanes of at least 4 members (excludes halogenated alkanes) is 14. The van der Waals surface area contributed by atoms with Crippen LogP contribution in [0, 0.1) is 0 Å². The van der Waals surface area contributed by atoms with Crippen molar-refractivity contribution in [2.75, 3.05) is 26.9 Å². The molecule has 0 saturated carbocycles. The fourth-order valence-electron chi connectivity index (χ4n) is 4.41. The Morgan fingerprint density at radius 2 is 1.09 bits per heavy atom. The predicted molar refractivity (Wildman–Crippen MR) is 147 cm³/mol. The average molecular weight is 477 g/mol. The fourth-order valence-corrected chi connectivity index (χ4v) is 4.41. The number of benzene rings is 1. The highest BCUT2D eigenvalue weighted by atomic mass is 16.6. The van der Waals surface area contributed by atoms with Crippen molar-refractivity contribution in [1.82, 2.24) is 0 Å². The standard InChI is InChI=1S/C31H56O3/c1-4-6-8-9-10-11-12-13-14-15-16-17-18-21-25-33-27-31(32-3)28-34-26-30-24-20-19-23-29(30)22-7-5-2/h19-20,23-24,31H,4-18,21-22,25-28H2,1-3H3. The van der Waals surface area contributed by atoms with E-state index in [-0.39, 0.29) is 6.10 Å². The first-order valence-electron chi connectivity index (χ1n) is 14.6. The van der Waals surface area contributed by atoms with E-state index >= 15 is 0 Å². The molecule has 0 bridgehead atoms. The second-order valence-electron chi connectivity index (χ2n) is 9.92. The molecule has 1 atom stereocenters. The van der Waals surface area contributed by atoms with Gasteiger partial charge in [-0.1, -0.05) is 128 Å². The van der Waals surface area contributed by atoms with E-state index in [2.05, 4.69) is 38.1 Å². The minimum atomic E-state index is 0.00875. The summed E-state index contributed by atoms with van der Waals surface area (Å²) in [6, 6.07) is 8.62. The lowest BCUT2D eigenvalue weighted by molar-refractivity contribution is -0.0452. The van der Waals surface area contributed by atoms with Gasteiger partial charge in [0.25, 0.3) is 0 Å². The van der Waals surface area contributed by atoms with Crippen molar-refractivity contribution in [2.45, 2.75) is 136 Å². The summed E-state index contributed by atoms with van der Waals surface area (Å²) in [5.74, 6) is 0. The molecule has 3 nitrogen and oxygen atoms in total. The zero-order valence-electron chi connectivity index (χ0n) is 23.0. The lowest BCUT2D eigenvalue weighted by atomic mass is 10.0. The lowest BCUT2D eigenvalue weighted by Gasteiger charge is -2.17. The van der Waals surface area contributed by atoms with Gasteiger partial charge in [-0.25, -0.2) is 0 Å². The van der Waals surface area contributed by atoms with Gasteiger partial charge in [0.05, 0.1) is 19.8 Å². The summed E-state index contributed by atoms with van der Waals surface area (Å²) in [6.45, 7) is 7.21. The first kappa shape index (κ1) is 31.1. The maximum Gasteiger partial charge on any atom is 0.104 e. The molecular formula is C31H56O3. The quantitative estimate of drug-likeness (QED) is 0.132. The van der Waals surface area contributed by atoms with Crippen molar-refractivity contribution in [1.29, 1.82) is 0 Å². The van der Waals surface area contributed by atoms with Gasteiger partial charge < -0.3 is 14.2 Å². The third-order valence-corrected chi connectivity index (χ3v) is 6.76. The van der Waals surface area contributed by atoms with E-state index in [4.69, 9.17) is 14.2 Å². The number of methoxy groups -OCH3 is 1. The maximum atomic E-state index is 5.97. The lowest BCUT2D eigenvalue weighted by Crippen LogP contribution is -2.24. The fraction of sp³-hybridized carbons (Fsp3) is 0.806. The van der Waals surface area contributed by atoms with Crippen molar-refractivity contribution in [3.63, 3.8) is 0 Å². The third-order valence-electron chi connectivity index (χ3n) is 6.76. The molecule has 1 aromatic carbocycles. The molecule has 0 saturated heterocycles. The molecule has 1 aromatic rings. The van der Waals surface area contributed by atoms with E-state index in [1.807, 2.05) is 0 Å². The minimum Gasteiger partial charge on any atom is -0.379 e.